The van der Waals surface area contributed by atoms with E-state index in [0.717, 1.165) is 16.7 Å². The summed E-state index contributed by atoms with van der Waals surface area (Å²) in [5, 5.41) is 9.92. The number of furan rings is 1. The molecule has 1 amide bonds. The van der Waals surface area contributed by atoms with Crippen LogP contribution >= 0.6 is 0 Å². The van der Waals surface area contributed by atoms with Crippen LogP contribution in [0.3, 0.4) is 0 Å². The molecule has 1 fully saturated rings. The van der Waals surface area contributed by atoms with Crippen LogP contribution in [0.4, 0.5) is 0 Å². The molecule has 1 N–H and O–H groups in total. The number of fused-ring (bicyclic) bond motifs is 1. The van der Waals surface area contributed by atoms with E-state index in [2.05, 4.69) is 0 Å². The number of carboxylic acids is 1. The van der Waals surface area contributed by atoms with Crippen molar-refractivity contribution in [2.24, 2.45) is 5.92 Å². The Hall–Kier alpha value is -2.50. The molecule has 0 saturated carbocycles. The normalized spacial score (nSPS) is 15.7. The number of carbonyl (C=O) groups is 2. The molecule has 0 aliphatic carbocycles. The second kappa shape index (κ2) is 6.55. The van der Waals surface area contributed by atoms with Crippen molar-refractivity contribution in [1.82, 2.24) is 4.90 Å². The molecule has 24 heavy (non-hydrogen) atoms. The molecule has 2 aromatic rings. The van der Waals surface area contributed by atoms with Crippen LogP contribution in [0.5, 0.6) is 5.75 Å². The van der Waals surface area contributed by atoms with E-state index in [1.54, 1.807) is 11.0 Å². The average molecular weight is 331 g/mol. The van der Waals surface area contributed by atoms with Crippen molar-refractivity contribution < 1.29 is 23.8 Å². The van der Waals surface area contributed by atoms with Crippen LogP contribution in [-0.2, 0) is 4.79 Å². The highest BCUT2D eigenvalue weighted by Crippen LogP contribution is 2.30. The van der Waals surface area contributed by atoms with Gasteiger partial charge in [-0.3, -0.25) is 9.59 Å². The Labute approximate surface area is 140 Å². The van der Waals surface area contributed by atoms with Gasteiger partial charge in [0, 0.05) is 24.0 Å². The summed E-state index contributed by atoms with van der Waals surface area (Å²) in [6.07, 6.45) is 0.962. The average Bonchev–Trinajstić information content (AvgIpc) is 2.91. The number of likely N-dealkylation sites (tertiary alicyclic amines) is 1. The van der Waals surface area contributed by atoms with Crippen LogP contribution in [0.1, 0.15) is 35.9 Å². The number of aryl methyl sites for hydroxylation is 1. The Balaban J connectivity index is 1.83. The molecule has 0 bridgehead atoms. The van der Waals surface area contributed by atoms with Gasteiger partial charge in [-0.05, 0) is 44.9 Å². The Bertz CT molecular complexity index is 771. The Morgan fingerprint density at radius 1 is 1.33 bits per heavy atom. The van der Waals surface area contributed by atoms with Gasteiger partial charge in [-0.1, -0.05) is 0 Å². The summed E-state index contributed by atoms with van der Waals surface area (Å²) in [6.45, 7) is 5.24. The van der Waals surface area contributed by atoms with E-state index in [1.807, 2.05) is 26.0 Å². The lowest BCUT2D eigenvalue weighted by atomic mass is 9.97. The molecule has 128 valence electrons. The summed E-state index contributed by atoms with van der Waals surface area (Å²) in [5.74, 6) is -0.252. The third kappa shape index (κ3) is 2.96. The lowest BCUT2D eigenvalue weighted by Crippen LogP contribution is -2.40. The minimum Gasteiger partial charge on any atom is -0.494 e. The van der Waals surface area contributed by atoms with Crippen molar-refractivity contribution in [3.63, 3.8) is 0 Å². The summed E-state index contributed by atoms with van der Waals surface area (Å²) in [6, 6.07) is 5.51. The number of carboxylic acid groups (broad SMARTS) is 1. The highest BCUT2D eigenvalue weighted by molar-refractivity contribution is 5.99. The largest absolute Gasteiger partial charge is 0.494 e. The number of hydrogen-bond donors (Lipinski definition) is 1. The fourth-order valence-corrected chi connectivity index (χ4v) is 3.13. The maximum Gasteiger partial charge on any atom is 0.306 e. The number of hydrogen-bond acceptors (Lipinski definition) is 4. The SMILES string of the molecule is CCOc1ccc2oc(C(=O)N3CCC(C(=O)O)CC3)c(C)c2c1. The zero-order valence-corrected chi connectivity index (χ0v) is 13.9. The van der Waals surface area contributed by atoms with E-state index < -0.39 is 5.97 Å². The fourth-order valence-electron chi connectivity index (χ4n) is 3.13. The molecule has 1 aliphatic heterocycles. The molecule has 0 spiro atoms. The monoisotopic (exact) mass is 331 g/mol. The highest BCUT2D eigenvalue weighted by Gasteiger charge is 2.30. The van der Waals surface area contributed by atoms with E-state index in [1.165, 1.54) is 0 Å². The molecular weight excluding hydrogens is 310 g/mol. The molecule has 0 unspecified atom stereocenters. The van der Waals surface area contributed by atoms with Crippen LogP contribution < -0.4 is 4.74 Å². The van der Waals surface area contributed by atoms with Gasteiger partial charge in [0.2, 0.25) is 0 Å². The molecule has 2 heterocycles. The first-order chi connectivity index (χ1) is 11.5. The van der Waals surface area contributed by atoms with Crippen LogP contribution in [0, 0.1) is 12.8 Å². The van der Waals surface area contributed by atoms with Gasteiger partial charge >= 0.3 is 5.97 Å². The zero-order chi connectivity index (χ0) is 17.3. The Kier molecular flexibility index (Phi) is 4.46. The van der Waals surface area contributed by atoms with E-state index in [9.17, 15) is 9.59 Å². The number of aliphatic carboxylic acids is 1. The number of piperidine rings is 1. The number of rotatable bonds is 4. The van der Waals surface area contributed by atoms with Gasteiger partial charge in [0.15, 0.2) is 5.76 Å². The van der Waals surface area contributed by atoms with Crippen molar-refractivity contribution in [2.45, 2.75) is 26.7 Å². The van der Waals surface area contributed by atoms with Crippen molar-refractivity contribution in [1.29, 1.82) is 0 Å². The standard InChI is InChI=1S/C18H21NO5/c1-3-23-13-4-5-15-14(10-13)11(2)16(24-15)17(20)19-8-6-12(7-9-19)18(21)22/h4-5,10,12H,3,6-9H2,1-2H3,(H,21,22). The molecule has 6 nitrogen and oxygen atoms in total. The first-order valence-corrected chi connectivity index (χ1v) is 8.19. The fraction of sp³-hybridized carbons (Fsp3) is 0.444. The first-order valence-electron chi connectivity index (χ1n) is 8.19. The van der Waals surface area contributed by atoms with Gasteiger partial charge < -0.3 is 19.2 Å². The number of benzene rings is 1. The predicted octanol–water partition coefficient (Wildman–Crippen LogP) is 3.08. The van der Waals surface area contributed by atoms with E-state index >= 15 is 0 Å². The third-order valence-electron chi connectivity index (χ3n) is 4.54. The number of ether oxygens (including phenoxy) is 1. The van der Waals surface area contributed by atoms with Gasteiger partial charge in [-0.2, -0.15) is 0 Å². The molecule has 1 saturated heterocycles. The lowest BCUT2D eigenvalue weighted by Gasteiger charge is -2.29. The molecule has 1 aromatic heterocycles. The second-order valence-corrected chi connectivity index (χ2v) is 6.05. The predicted molar refractivity (Wildman–Crippen MR) is 88.4 cm³/mol. The van der Waals surface area contributed by atoms with Gasteiger partial charge in [-0.15, -0.1) is 0 Å². The highest BCUT2D eigenvalue weighted by atomic mass is 16.5. The van der Waals surface area contributed by atoms with Crippen LogP contribution in [-0.4, -0.2) is 41.6 Å². The van der Waals surface area contributed by atoms with E-state index in [0.29, 0.717) is 43.9 Å². The van der Waals surface area contributed by atoms with Gasteiger partial charge in [0.1, 0.15) is 11.3 Å². The van der Waals surface area contributed by atoms with Gasteiger partial charge in [0.05, 0.1) is 12.5 Å². The molecule has 0 atom stereocenters. The van der Waals surface area contributed by atoms with Crippen molar-refractivity contribution >= 4 is 22.8 Å². The van der Waals surface area contributed by atoms with Crippen LogP contribution in [0.15, 0.2) is 22.6 Å². The summed E-state index contributed by atoms with van der Waals surface area (Å²) >= 11 is 0. The number of amides is 1. The van der Waals surface area contributed by atoms with Crippen molar-refractivity contribution in [2.75, 3.05) is 19.7 Å². The van der Waals surface area contributed by atoms with E-state index in [4.69, 9.17) is 14.3 Å². The van der Waals surface area contributed by atoms with Crippen molar-refractivity contribution in [3.8, 4) is 5.75 Å². The Morgan fingerprint density at radius 2 is 2.04 bits per heavy atom. The van der Waals surface area contributed by atoms with Gasteiger partial charge in [-0.25, -0.2) is 0 Å². The third-order valence-corrected chi connectivity index (χ3v) is 4.54. The van der Waals surface area contributed by atoms with Crippen molar-refractivity contribution in [3.05, 3.63) is 29.5 Å². The van der Waals surface area contributed by atoms with Crippen LogP contribution in [0.25, 0.3) is 11.0 Å². The minimum absolute atomic E-state index is 0.175. The number of carbonyl (C=O) groups excluding carboxylic acids is 1. The number of nitrogens with zero attached hydrogens (tertiary/aromatic N) is 1. The molecule has 0 radical (unpaired) electrons. The minimum atomic E-state index is -0.787. The van der Waals surface area contributed by atoms with Gasteiger partial charge in [0.25, 0.3) is 5.91 Å². The summed E-state index contributed by atoms with van der Waals surface area (Å²) in [7, 11) is 0. The summed E-state index contributed by atoms with van der Waals surface area (Å²) < 4.78 is 11.3. The topological polar surface area (TPSA) is 80.0 Å². The lowest BCUT2D eigenvalue weighted by molar-refractivity contribution is -0.143. The first kappa shape index (κ1) is 16.4. The maximum absolute atomic E-state index is 12.7. The molecule has 1 aromatic carbocycles. The van der Waals surface area contributed by atoms with Crippen LogP contribution in [0.2, 0.25) is 0 Å². The molecule has 3 rings (SSSR count). The quantitative estimate of drug-likeness (QED) is 0.931. The molecular formula is C18H21NO5. The summed E-state index contributed by atoms with van der Waals surface area (Å²) in [4.78, 5) is 25.4. The molecule has 6 heteroatoms. The summed E-state index contributed by atoms with van der Waals surface area (Å²) in [5.41, 5.74) is 1.44. The zero-order valence-electron chi connectivity index (χ0n) is 13.9. The smallest absolute Gasteiger partial charge is 0.306 e. The molecule has 1 aliphatic rings. The second-order valence-electron chi connectivity index (χ2n) is 6.05. The maximum atomic E-state index is 12.7. The van der Waals surface area contributed by atoms with E-state index in [-0.39, 0.29) is 11.8 Å². The Morgan fingerprint density at radius 3 is 2.67 bits per heavy atom.